The third-order valence-electron chi connectivity index (χ3n) is 3.99. The van der Waals surface area contributed by atoms with E-state index in [0.29, 0.717) is 6.42 Å². The van der Waals surface area contributed by atoms with E-state index in [9.17, 15) is 23.1 Å². The van der Waals surface area contributed by atoms with Crippen molar-refractivity contribution in [3.8, 4) is 5.75 Å². The standard InChI is InChI=1S/C19H22N2O6S/c1-12-3-8-16(17(22)11-12)19(24)27-13(2)18(23)21-10-9-14-4-6-15(7-5-14)28(20,25)26/h3-8,11,13,22H,9-10H2,1-2H3,(H,21,23)(H2,20,25,26). The van der Waals surface area contributed by atoms with Crippen LogP contribution in [0.3, 0.4) is 0 Å². The number of rotatable bonds is 7. The highest BCUT2D eigenvalue weighted by molar-refractivity contribution is 7.89. The molecular weight excluding hydrogens is 384 g/mol. The maximum absolute atomic E-state index is 12.1. The second-order valence-corrected chi connectivity index (χ2v) is 7.86. The van der Waals surface area contributed by atoms with E-state index in [0.717, 1.165) is 11.1 Å². The number of nitrogens with one attached hydrogen (secondary N) is 1. The fraction of sp³-hybridized carbons (Fsp3) is 0.263. The number of hydrogen-bond donors (Lipinski definition) is 3. The molecule has 28 heavy (non-hydrogen) atoms. The van der Waals surface area contributed by atoms with Gasteiger partial charge in [0.15, 0.2) is 6.10 Å². The molecule has 4 N–H and O–H groups in total. The Kier molecular flexibility index (Phi) is 6.76. The van der Waals surface area contributed by atoms with Crippen LogP contribution >= 0.6 is 0 Å². The quantitative estimate of drug-likeness (QED) is 0.592. The molecule has 2 rings (SSSR count). The van der Waals surface area contributed by atoms with Gasteiger partial charge < -0.3 is 15.2 Å². The van der Waals surface area contributed by atoms with Crippen LogP contribution in [0, 0.1) is 6.92 Å². The van der Waals surface area contributed by atoms with Gasteiger partial charge in [-0.05, 0) is 55.7 Å². The van der Waals surface area contributed by atoms with Crippen LogP contribution in [0.4, 0.5) is 0 Å². The number of esters is 1. The van der Waals surface area contributed by atoms with Gasteiger partial charge in [0.05, 0.1) is 4.90 Å². The summed E-state index contributed by atoms with van der Waals surface area (Å²) in [6.07, 6.45) is -0.589. The first-order valence-corrected chi connectivity index (χ1v) is 10.0. The molecule has 0 aromatic heterocycles. The normalized spacial score (nSPS) is 12.2. The average molecular weight is 406 g/mol. The Hall–Kier alpha value is -2.91. The highest BCUT2D eigenvalue weighted by atomic mass is 32.2. The van der Waals surface area contributed by atoms with Crippen molar-refractivity contribution in [2.24, 2.45) is 5.14 Å². The number of phenolic OH excluding ortho intramolecular Hbond substituents is 1. The summed E-state index contributed by atoms with van der Waals surface area (Å²) in [7, 11) is -3.74. The fourth-order valence-electron chi connectivity index (χ4n) is 2.41. The molecule has 1 amide bonds. The second kappa shape index (κ2) is 8.85. The summed E-state index contributed by atoms with van der Waals surface area (Å²) >= 11 is 0. The van der Waals surface area contributed by atoms with Crippen LogP contribution in [0.25, 0.3) is 0 Å². The minimum atomic E-state index is -3.74. The predicted octanol–water partition coefficient (Wildman–Crippen LogP) is 1.25. The Balaban J connectivity index is 1.84. The first-order valence-electron chi connectivity index (χ1n) is 8.48. The topological polar surface area (TPSA) is 136 Å². The summed E-state index contributed by atoms with van der Waals surface area (Å²) < 4.78 is 27.5. The number of carbonyl (C=O) groups excluding carboxylic acids is 2. The molecule has 0 spiro atoms. The largest absolute Gasteiger partial charge is 0.507 e. The molecule has 0 radical (unpaired) electrons. The average Bonchev–Trinajstić information content (AvgIpc) is 2.61. The smallest absolute Gasteiger partial charge is 0.342 e. The zero-order valence-corrected chi connectivity index (χ0v) is 16.3. The van der Waals surface area contributed by atoms with Gasteiger partial charge in [-0.25, -0.2) is 18.4 Å². The molecule has 0 fully saturated rings. The molecule has 1 unspecified atom stereocenters. The van der Waals surface area contributed by atoms with Gasteiger partial charge in [-0.1, -0.05) is 18.2 Å². The number of benzene rings is 2. The highest BCUT2D eigenvalue weighted by Gasteiger charge is 2.20. The SMILES string of the molecule is Cc1ccc(C(=O)OC(C)C(=O)NCCc2ccc(S(N)(=O)=O)cc2)c(O)c1. The van der Waals surface area contributed by atoms with Gasteiger partial charge in [0.2, 0.25) is 10.0 Å². The molecule has 1 atom stereocenters. The van der Waals surface area contributed by atoms with Gasteiger partial charge in [-0.3, -0.25) is 4.79 Å². The van der Waals surface area contributed by atoms with Crippen LogP contribution in [0.15, 0.2) is 47.4 Å². The zero-order chi connectivity index (χ0) is 20.9. The van der Waals surface area contributed by atoms with Crippen LogP contribution in [-0.4, -0.2) is 38.0 Å². The number of aromatic hydroxyl groups is 1. The number of amides is 1. The summed E-state index contributed by atoms with van der Waals surface area (Å²) in [5, 5.41) is 17.5. The van der Waals surface area contributed by atoms with Crippen LogP contribution in [0.5, 0.6) is 5.75 Å². The van der Waals surface area contributed by atoms with Crippen molar-refractivity contribution in [3.05, 3.63) is 59.2 Å². The third-order valence-corrected chi connectivity index (χ3v) is 4.92. The monoisotopic (exact) mass is 406 g/mol. The summed E-state index contributed by atoms with van der Waals surface area (Å²) in [6, 6.07) is 10.5. The van der Waals surface area contributed by atoms with Crippen molar-refractivity contribution < 1.29 is 27.9 Å². The maximum Gasteiger partial charge on any atom is 0.342 e. The zero-order valence-electron chi connectivity index (χ0n) is 15.5. The molecule has 2 aromatic carbocycles. The van der Waals surface area contributed by atoms with E-state index in [1.807, 2.05) is 0 Å². The van der Waals surface area contributed by atoms with Crippen LogP contribution in [-0.2, 0) is 26.0 Å². The van der Waals surface area contributed by atoms with Crippen molar-refractivity contribution in [2.45, 2.75) is 31.3 Å². The maximum atomic E-state index is 12.1. The predicted molar refractivity (Wildman–Crippen MR) is 102 cm³/mol. The van der Waals surface area contributed by atoms with Crippen LogP contribution in [0.2, 0.25) is 0 Å². The third kappa shape index (κ3) is 5.80. The Morgan fingerprint density at radius 3 is 2.39 bits per heavy atom. The lowest BCUT2D eigenvalue weighted by molar-refractivity contribution is -0.129. The lowest BCUT2D eigenvalue weighted by Gasteiger charge is -2.14. The van der Waals surface area contributed by atoms with Crippen LogP contribution < -0.4 is 10.5 Å². The minimum Gasteiger partial charge on any atom is -0.507 e. The summed E-state index contributed by atoms with van der Waals surface area (Å²) in [5.41, 5.74) is 1.58. The molecule has 9 heteroatoms. The molecule has 0 saturated carbocycles. The number of aryl methyl sites for hydroxylation is 1. The molecule has 0 aliphatic heterocycles. The Morgan fingerprint density at radius 2 is 1.82 bits per heavy atom. The van der Waals surface area contributed by atoms with Gasteiger partial charge >= 0.3 is 5.97 Å². The minimum absolute atomic E-state index is 0.0137. The molecule has 0 aliphatic carbocycles. The summed E-state index contributed by atoms with van der Waals surface area (Å²) in [4.78, 5) is 24.2. The van der Waals surface area contributed by atoms with E-state index in [-0.39, 0.29) is 22.8 Å². The lowest BCUT2D eigenvalue weighted by atomic mass is 10.1. The first kappa shape index (κ1) is 21.4. The fourth-order valence-corrected chi connectivity index (χ4v) is 2.93. The number of primary sulfonamides is 1. The Morgan fingerprint density at radius 1 is 1.18 bits per heavy atom. The summed E-state index contributed by atoms with van der Waals surface area (Å²) in [6.45, 7) is 3.47. The number of nitrogens with two attached hydrogens (primary N) is 1. The molecule has 0 saturated heterocycles. The van der Waals surface area contributed by atoms with E-state index in [1.165, 1.54) is 31.2 Å². The number of ether oxygens (including phenoxy) is 1. The summed E-state index contributed by atoms with van der Waals surface area (Å²) in [5.74, 6) is -1.49. The van der Waals surface area contributed by atoms with Gasteiger partial charge in [0.1, 0.15) is 11.3 Å². The van der Waals surface area contributed by atoms with E-state index < -0.39 is 28.0 Å². The molecule has 0 aliphatic rings. The number of hydrogen-bond acceptors (Lipinski definition) is 6. The lowest BCUT2D eigenvalue weighted by Crippen LogP contribution is -2.36. The molecular formula is C19H22N2O6S. The molecule has 2 aromatic rings. The van der Waals surface area contributed by atoms with Crippen molar-refractivity contribution in [3.63, 3.8) is 0 Å². The van der Waals surface area contributed by atoms with E-state index in [4.69, 9.17) is 9.88 Å². The molecule has 0 bridgehead atoms. The first-order chi connectivity index (χ1) is 13.1. The van der Waals surface area contributed by atoms with Crippen molar-refractivity contribution in [2.75, 3.05) is 6.54 Å². The Bertz CT molecular complexity index is 970. The van der Waals surface area contributed by atoms with Crippen LogP contribution in [0.1, 0.15) is 28.4 Å². The molecule has 0 heterocycles. The molecule has 8 nitrogen and oxygen atoms in total. The van der Waals surface area contributed by atoms with Gasteiger partial charge in [0.25, 0.3) is 5.91 Å². The van der Waals surface area contributed by atoms with Crippen molar-refractivity contribution in [1.29, 1.82) is 0 Å². The number of sulfonamides is 1. The van der Waals surface area contributed by atoms with Gasteiger partial charge in [0, 0.05) is 6.54 Å². The number of phenols is 1. The number of carbonyl (C=O) groups is 2. The van der Waals surface area contributed by atoms with E-state index in [1.54, 1.807) is 25.1 Å². The second-order valence-electron chi connectivity index (χ2n) is 6.30. The van der Waals surface area contributed by atoms with Crippen molar-refractivity contribution >= 4 is 21.9 Å². The van der Waals surface area contributed by atoms with Gasteiger partial charge in [-0.2, -0.15) is 0 Å². The van der Waals surface area contributed by atoms with E-state index in [2.05, 4.69) is 5.32 Å². The Labute approximate surface area is 163 Å². The highest BCUT2D eigenvalue weighted by Crippen LogP contribution is 2.19. The van der Waals surface area contributed by atoms with E-state index >= 15 is 0 Å². The molecule has 150 valence electrons. The van der Waals surface area contributed by atoms with Gasteiger partial charge in [-0.15, -0.1) is 0 Å². The van der Waals surface area contributed by atoms with Crippen molar-refractivity contribution in [1.82, 2.24) is 5.32 Å².